The largest absolute Gasteiger partial charge is 0.380 e. The van der Waals surface area contributed by atoms with Crippen LogP contribution >= 0.6 is 0 Å². The summed E-state index contributed by atoms with van der Waals surface area (Å²) in [5.41, 5.74) is 2.55. The Bertz CT molecular complexity index is 633. The van der Waals surface area contributed by atoms with E-state index in [0.717, 1.165) is 11.1 Å². The summed E-state index contributed by atoms with van der Waals surface area (Å²) >= 11 is 0. The van der Waals surface area contributed by atoms with Crippen LogP contribution in [0.2, 0.25) is 0 Å². The van der Waals surface area contributed by atoms with Crippen LogP contribution in [0, 0.1) is 19.9 Å². The Hall–Kier alpha value is -1.03. The topological polar surface area (TPSA) is 49.3 Å². The second-order valence-corrected chi connectivity index (χ2v) is 5.97. The van der Waals surface area contributed by atoms with E-state index < -0.39 is 11.5 Å². The van der Waals surface area contributed by atoms with E-state index in [0.29, 0.717) is 18.5 Å². The number of nitrogens with one attached hydrogen (secondary N) is 1. The van der Waals surface area contributed by atoms with E-state index in [1.54, 1.807) is 19.1 Å². The van der Waals surface area contributed by atoms with E-state index in [4.69, 9.17) is 0 Å². The first-order valence-corrected chi connectivity index (χ1v) is 7.44. The minimum atomic E-state index is -1.41. The van der Waals surface area contributed by atoms with Crippen LogP contribution in [0.15, 0.2) is 42.5 Å². The van der Waals surface area contributed by atoms with Crippen molar-refractivity contribution in [2.24, 2.45) is 0 Å². The molecule has 1 amide bonds. The fourth-order valence-electron chi connectivity index (χ4n) is 2.10. The molecule has 1 atom stereocenters. The van der Waals surface area contributed by atoms with Gasteiger partial charge in [0.05, 0.1) is 0 Å². The van der Waals surface area contributed by atoms with E-state index in [-0.39, 0.29) is 32.7 Å². The molecule has 0 saturated carbocycles. The van der Waals surface area contributed by atoms with Gasteiger partial charge in [0, 0.05) is 32.7 Å². The second kappa shape index (κ2) is 8.72. The van der Waals surface area contributed by atoms with E-state index in [1.165, 1.54) is 5.56 Å². The molecule has 0 aliphatic carbocycles. The van der Waals surface area contributed by atoms with Crippen molar-refractivity contribution >= 4 is 11.6 Å². The van der Waals surface area contributed by atoms with Crippen LogP contribution in [0.1, 0.15) is 30.0 Å². The zero-order valence-corrected chi connectivity index (χ0v) is 16.7. The van der Waals surface area contributed by atoms with Gasteiger partial charge >= 0.3 is 0 Å². The van der Waals surface area contributed by atoms with Gasteiger partial charge in [-0.15, -0.1) is 6.07 Å². The predicted octanol–water partition coefficient (Wildman–Crippen LogP) is 3.42. The number of carbonyl (C=O) groups excluding carboxylic acids is 1. The van der Waals surface area contributed by atoms with Gasteiger partial charge in [0.15, 0.2) is 0 Å². The summed E-state index contributed by atoms with van der Waals surface area (Å²) < 4.78 is 0. The van der Waals surface area contributed by atoms with E-state index in [1.807, 2.05) is 44.2 Å². The van der Waals surface area contributed by atoms with Gasteiger partial charge in [0.2, 0.25) is 5.91 Å². The second-order valence-electron chi connectivity index (χ2n) is 5.97. The molecule has 2 aromatic rings. The number of amides is 1. The zero-order valence-electron chi connectivity index (χ0n) is 13.9. The fourth-order valence-corrected chi connectivity index (χ4v) is 2.10. The first kappa shape index (κ1) is 20.0. The average molecular weight is 385 g/mol. The number of aliphatic hydroxyl groups is 1. The van der Waals surface area contributed by atoms with E-state index >= 15 is 0 Å². The minimum absolute atomic E-state index is 0. The quantitative estimate of drug-likeness (QED) is 0.775. The van der Waals surface area contributed by atoms with Crippen LogP contribution in [0.3, 0.4) is 0 Å². The summed E-state index contributed by atoms with van der Waals surface area (Å²) in [5.74, 6) is -0.392. The number of anilines is 1. The molecule has 2 N–H and O–H groups in total. The Morgan fingerprint density at radius 1 is 1.17 bits per heavy atom. The van der Waals surface area contributed by atoms with Gasteiger partial charge in [-0.05, 0) is 32.3 Å². The van der Waals surface area contributed by atoms with Crippen LogP contribution in [0.4, 0.5) is 5.69 Å². The standard InChI is InChI=1S/C19H22NO2.Y/c1-14-4-8-16(9-5-14)12-13-19(3,22)18(21)20-17-10-6-15(2)7-11-17;/h4-6,8-11,22H,12-13H2,1-3H3,(H,20,21);/q-1;/t19-;/m1./s1. The number of hydrogen-bond acceptors (Lipinski definition) is 2. The maximum absolute atomic E-state index is 12.2. The predicted molar refractivity (Wildman–Crippen MR) is 88.8 cm³/mol. The molecule has 2 rings (SSSR count). The third kappa shape index (κ3) is 6.17. The van der Waals surface area contributed by atoms with Crippen LogP contribution in [0.25, 0.3) is 0 Å². The van der Waals surface area contributed by atoms with Crippen molar-refractivity contribution in [3.63, 3.8) is 0 Å². The first-order valence-electron chi connectivity index (χ1n) is 7.44. The number of rotatable bonds is 5. The number of hydrogen-bond donors (Lipinski definition) is 2. The van der Waals surface area contributed by atoms with Gasteiger partial charge in [-0.3, -0.25) is 4.79 Å². The molecule has 0 heterocycles. The smallest absolute Gasteiger partial charge is 0.245 e. The number of carbonyl (C=O) groups is 1. The molecule has 0 fully saturated rings. The normalized spacial score (nSPS) is 12.9. The summed E-state index contributed by atoms with van der Waals surface area (Å²) in [5, 5.41) is 13.1. The zero-order chi connectivity index (χ0) is 16.2. The fraction of sp³-hybridized carbons (Fsp3) is 0.316. The van der Waals surface area contributed by atoms with Crippen LogP contribution in [-0.4, -0.2) is 16.6 Å². The molecule has 0 aromatic heterocycles. The minimum Gasteiger partial charge on any atom is -0.380 e. The molecule has 0 saturated heterocycles. The summed E-state index contributed by atoms with van der Waals surface area (Å²) in [4.78, 5) is 12.2. The Morgan fingerprint density at radius 3 is 2.39 bits per heavy atom. The van der Waals surface area contributed by atoms with Gasteiger partial charge in [0.1, 0.15) is 5.60 Å². The van der Waals surface area contributed by atoms with Crippen LogP contribution in [0.5, 0.6) is 0 Å². The molecule has 119 valence electrons. The first-order chi connectivity index (χ1) is 10.4. The SMILES string of the molecule is Cc1[c-]cc(NC(=O)[C@](C)(O)CCc2ccc(C)cc2)cc1.[Y]. The van der Waals surface area contributed by atoms with Gasteiger partial charge < -0.3 is 10.4 Å². The third-order valence-electron chi connectivity index (χ3n) is 3.74. The Kier molecular flexibility index (Phi) is 7.59. The third-order valence-corrected chi connectivity index (χ3v) is 3.74. The van der Waals surface area contributed by atoms with E-state index in [9.17, 15) is 9.90 Å². The van der Waals surface area contributed by atoms with Gasteiger partial charge in [-0.2, -0.15) is 23.8 Å². The van der Waals surface area contributed by atoms with Crippen LogP contribution < -0.4 is 5.32 Å². The molecular weight excluding hydrogens is 363 g/mol. The number of benzene rings is 2. The summed E-state index contributed by atoms with van der Waals surface area (Å²) in [6, 6.07) is 16.5. The molecule has 1 radical (unpaired) electrons. The molecule has 0 unspecified atom stereocenters. The van der Waals surface area contributed by atoms with Crippen molar-refractivity contribution in [2.45, 2.75) is 39.2 Å². The molecule has 0 spiro atoms. The number of aryl methyl sites for hydroxylation is 3. The molecule has 0 aliphatic heterocycles. The maximum atomic E-state index is 12.2. The van der Waals surface area contributed by atoms with Crippen molar-refractivity contribution in [1.82, 2.24) is 0 Å². The Balaban J connectivity index is 0.00000264. The Labute approximate surface area is 163 Å². The average Bonchev–Trinajstić information content (AvgIpc) is 2.49. The van der Waals surface area contributed by atoms with Crippen LogP contribution in [-0.2, 0) is 43.9 Å². The molecule has 0 bridgehead atoms. The molecular formula is C19H22NO2Y-. The van der Waals surface area contributed by atoms with E-state index in [2.05, 4.69) is 11.4 Å². The molecule has 2 aromatic carbocycles. The molecule has 4 heteroatoms. The molecule has 23 heavy (non-hydrogen) atoms. The summed E-state index contributed by atoms with van der Waals surface area (Å²) in [7, 11) is 0. The molecule has 0 aliphatic rings. The summed E-state index contributed by atoms with van der Waals surface area (Å²) in [6.45, 7) is 5.52. The van der Waals surface area contributed by atoms with Crippen molar-refractivity contribution < 1.29 is 42.6 Å². The van der Waals surface area contributed by atoms with Crippen molar-refractivity contribution in [3.8, 4) is 0 Å². The maximum Gasteiger partial charge on any atom is 0.245 e. The monoisotopic (exact) mass is 385 g/mol. The summed E-state index contributed by atoms with van der Waals surface area (Å²) in [6.07, 6.45) is 1.03. The van der Waals surface area contributed by atoms with Gasteiger partial charge in [0.25, 0.3) is 0 Å². The molecule has 3 nitrogen and oxygen atoms in total. The van der Waals surface area contributed by atoms with Crippen molar-refractivity contribution in [3.05, 3.63) is 65.2 Å². The van der Waals surface area contributed by atoms with Gasteiger partial charge in [-0.25, -0.2) is 0 Å². The Morgan fingerprint density at radius 2 is 1.83 bits per heavy atom. The van der Waals surface area contributed by atoms with Crippen molar-refractivity contribution in [2.75, 3.05) is 5.32 Å². The van der Waals surface area contributed by atoms with Crippen molar-refractivity contribution in [1.29, 1.82) is 0 Å². The van der Waals surface area contributed by atoms with Gasteiger partial charge in [-0.1, -0.05) is 42.4 Å².